The van der Waals surface area contributed by atoms with Gasteiger partial charge in [0.2, 0.25) is 0 Å². The third-order valence-corrected chi connectivity index (χ3v) is 6.47. The molecule has 0 saturated heterocycles. The van der Waals surface area contributed by atoms with Gasteiger partial charge in [-0.1, -0.05) is 30.3 Å². The summed E-state index contributed by atoms with van der Waals surface area (Å²) in [5, 5.41) is 27.1. The van der Waals surface area contributed by atoms with E-state index in [2.05, 4.69) is 20.5 Å². The molecule has 178 valence electrons. The van der Waals surface area contributed by atoms with Crippen molar-refractivity contribution in [2.75, 3.05) is 0 Å². The maximum absolute atomic E-state index is 11.8. The summed E-state index contributed by atoms with van der Waals surface area (Å²) in [6.45, 7) is 0. The molecule has 0 atom stereocenters. The van der Waals surface area contributed by atoms with Crippen molar-refractivity contribution in [2.45, 2.75) is 9.79 Å². The van der Waals surface area contributed by atoms with Crippen LogP contribution in [0, 0.1) is 0 Å². The third kappa shape index (κ3) is 7.74. The molecular weight excluding hydrogens is 542 g/mol. The second kappa shape index (κ2) is 12.7. The average molecular weight is 556 g/mol. The molecule has 0 radical (unpaired) electrons. The van der Waals surface area contributed by atoms with Crippen molar-refractivity contribution < 1.29 is 90.2 Å². The first-order valence-corrected chi connectivity index (χ1v) is 12.5. The summed E-state index contributed by atoms with van der Waals surface area (Å²) in [6, 6.07) is 18.2. The van der Waals surface area contributed by atoms with Crippen LogP contribution in [0.3, 0.4) is 0 Å². The maximum atomic E-state index is 11.8. The van der Waals surface area contributed by atoms with E-state index in [4.69, 9.17) is 0 Å². The number of fused-ring (bicyclic) bond motifs is 1. The Hall–Kier alpha value is -2.04. The summed E-state index contributed by atoms with van der Waals surface area (Å²) >= 11 is 0. The Labute approximate surface area is 256 Å². The SMILES string of the molecule is O=S(=O)([O-])c1ccc(N=Nc2ccc(N=Nc3c(O)ccc4ccccc34)c(S(=O)(=O)[O-])c2)cc1.[Na+].[Na+]. The van der Waals surface area contributed by atoms with Crippen molar-refractivity contribution in [3.05, 3.63) is 78.9 Å². The molecule has 0 spiro atoms. The van der Waals surface area contributed by atoms with Crippen LogP contribution in [0.5, 0.6) is 5.75 Å². The fraction of sp³-hybridized carbons (Fsp3) is 0. The van der Waals surface area contributed by atoms with Gasteiger partial charge >= 0.3 is 59.1 Å². The van der Waals surface area contributed by atoms with Crippen molar-refractivity contribution in [1.82, 2.24) is 0 Å². The zero-order valence-corrected chi connectivity index (χ0v) is 25.1. The van der Waals surface area contributed by atoms with Crippen LogP contribution in [-0.2, 0) is 20.2 Å². The molecule has 0 heterocycles. The van der Waals surface area contributed by atoms with Gasteiger partial charge in [-0.25, -0.2) is 16.8 Å². The second-order valence-electron chi connectivity index (χ2n) is 7.11. The molecule has 0 saturated carbocycles. The first-order chi connectivity index (χ1) is 16.5. The Morgan fingerprint density at radius 2 is 1.27 bits per heavy atom. The molecule has 0 aliphatic carbocycles. The van der Waals surface area contributed by atoms with Crippen LogP contribution in [0.25, 0.3) is 10.8 Å². The molecule has 0 aromatic heterocycles. The van der Waals surface area contributed by atoms with Crippen LogP contribution in [0.2, 0.25) is 0 Å². The minimum atomic E-state index is -4.99. The summed E-state index contributed by atoms with van der Waals surface area (Å²) in [6.07, 6.45) is 0. The van der Waals surface area contributed by atoms with Crippen LogP contribution in [0.15, 0.2) is 109 Å². The van der Waals surface area contributed by atoms with Crippen LogP contribution < -0.4 is 59.1 Å². The van der Waals surface area contributed by atoms with Gasteiger partial charge < -0.3 is 14.2 Å². The molecule has 0 aliphatic rings. The average Bonchev–Trinajstić information content (AvgIpc) is 2.81. The van der Waals surface area contributed by atoms with Gasteiger partial charge in [-0.15, -0.1) is 10.2 Å². The predicted octanol–water partition coefficient (Wildman–Crippen LogP) is -0.808. The molecule has 4 aromatic rings. The Morgan fingerprint density at radius 3 is 1.92 bits per heavy atom. The molecule has 0 fully saturated rings. The number of azo groups is 2. The number of nitrogens with zero attached hydrogens (tertiary/aromatic N) is 4. The number of aromatic hydroxyl groups is 1. The molecule has 37 heavy (non-hydrogen) atoms. The quantitative estimate of drug-likeness (QED) is 0.183. The molecule has 0 amide bonds. The van der Waals surface area contributed by atoms with Crippen molar-refractivity contribution in [3.63, 3.8) is 0 Å². The standard InChI is InChI=1S/C22H16N4O7S2.2Na/c27-20-12-5-14-3-1-2-4-18(14)22(20)26-25-19-11-8-16(13-21(19)35(31,32)33)24-23-15-6-9-17(10-7-15)34(28,29)30;;/h1-13,27H,(H,28,29,30)(H,31,32,33);;/q;2*+1/p-2. The summed E-state index contributed by atoms with van der Waals surface area (Å²) in [4.78, 5) is -1.15. The Bertz CT molecular complexity index is 1710. The largest absolute Gasteiger partial charge is 1.00 e. The van der Waals surface area contributed by atoms with Gasteiger partial charge in [-0.2, -0.15) is 10.2 Å². The molecule has 4 aromatic carbocycles. The van der Waals surface area contributed by atoms with Crippen LogP contribution >= 0.6 is 0 Å². The third-order valence-electron chi connectivity index (χ3n) is 4.76. The van der Waals surface area contributed by atoms with Gasteiger partial charge in [-0.05, 0) is 53.9 Å². The molecule has 0 aliphatic heterocycles. The van der Waals surface area contributed by atoms with Crippen molar-refractivity contribution in [1.29, 1.82) is 0 Å². The molecule has 0 bridgehead atoms. The topological polar surface area (TPSA) is 184 Å². The van der Waals surface area contributed by atoms with Crippen LogP contribution in [0.4, 0.5) is 22.7 Å². The van der Waals surface area contributed by atoms with E-state index < -0.39 is 30.0 Å². The number of phenolic OH excluding ortho intramolecular Hbond substituents is 1. The Morgan fingerprint density at radius 1 is 0.649 bits per heavy atom. The Balaban J connectivity index is 0.00000241. The smallest absolute Gasteiger partial charge is 0.744 e. The van der Waals surface area contributed by atoms with E-state index in [1.807, 2.05) is 0 Å². The predicted molar refractivity (Wildman–Crippen MR) is 123 cm³/mol. The van der Waals surface area contributed by atoms with Gasteiger partial charge in [0.1, 0.15) is 37.4 Å². The van der Waals surface area contributed by atoms with Crippen LogP contribution in [0.1, 0.15) is 0 Å². The van der Waals surface area contributed by atoms with E-state index in [1.165, 1.54) is 30.3 Å². The fourth-order valence-corrected chi connectivity index (χ4v) is 4.19. The molecule has 11 nitrogen and oxygen atoms in total. The molecular formula is C22H14N4Na2O7S2. The number of phenols is 1. The van der Waals surface area contributed by atoms with E-state index in [9.17, 15) is 31.0 Å². The van der Waals surface area contributed by atoms with E-state index in [0.717, 1.165) is 23.6 Å². The van der Waals surface area contributed by atoms with Crippen LogP contribution in [-0.4, -0.2) is 31.0 Å². The maximum Gasteiger partial charge on any atom is 1.00 e. The number of rotatable bonds is 6. The monoisotopic (exact) mass is 556 g/mol. The van der Waals surface area contributed by atoms with E-state index in [0.29, 0.717) is 5.39 Å². The zero-order chi connectivity index (χ0) is 25.2. The van der Waals surface area contributed by atoms with Gasteiger partial charge in [-0.3, -0.25) is 0 Å². The summed E-state index contributed by atoms with van der Waals surface area (Å²) < 4.78 is 68.5. The van der Waals surface area contributed by atoms with E-state index >= 15 is 0 Å². The summed E-state index contributed by atoms with van der Waals surface area (Å²) in [5.41, 5.74) is 0.00646. The first kappa shape index (κ1) is 31.2. The van der Waals surface area contributed by atoms with Gasteiger partial charge in [0.15, 0.2) is 0 Å². The van der Waals surface area contributed by atoms with Crippen molar-refractivity contribution in [2.24, 2.45) is 20.5 Å². The number of hydrogen-bond donors (Lipinski definition) is 1. The molecule has 1 N–H and O–H groups in total. The number of hydrogen-bond acceptors (Lipinski definition) is 11. The van der Waals surface area contributed by atoms with Crippen molar-refractivity contribution in [3.8, 4) is 5.75 Å². The van der Waals surface area contributed by atoms with E-state index in [1.54, 1.807) is 30.3 Å². The fourth-order valence-electron chi connectivity index (χ4n) is 3.10. The molecule has 15 heteroatoms. The van der Waals surface area contributed by atoms with Gasteiger partial charge in [0.25, 0.3) is 0 Å². The van der Waals surface area contributed by atoms with Gasteiger partial charge in [0, 0.05) is 5.39 Å². The second-order valence-corrected chi connectivity index (χ2v) is 9.84. The van der Waals surface area contributed by atoms with Crippen molar-refractivity contribution >= 4 is 53.8 Å². The minimum absolute atomic E-state index is 0. The normalized spacial score (nSPS) is 11.9. The first-order valence-electron chi connectivity index (χ1n) is 9.72. The van der Waals surface area contributed by atoms with E-state index in [-0.39, 0.29) is 87.6 Å². The molecule has 0 unspecified atom stereocenters. The summed E-state index contributed by atoms with van der Waals surface area (Å²) in [7, 11) is -9.60. The zero-order valence-electron chi connectivity index (χ0n) is 19.5. The summed E-state index contributed by atoms with van der Waals surface area (Å²) in [5.74, 6) is -0.180. The number of benzene rings is 4. The molecule has 4 rings (SSSR count). The Kier molecular flexibility index (Phi) is 10.7. The minimum Gasteiger partial charge on any atom is -0.744 e. The van der Waals surface area contributed by atoms with Gasteiger partial charge in [0.05, 0.1) is 21.2 Å².